The lowest BCUT2D eigenvalue weighted by molar-refractivity contribution is -0.155. The molecule has 0 rings (SSSR count). The average molecular weight is 240 g/mol. The number of hydrogen-bond donors (Lipinski definition) is 0. The zero-order valence-corrected chi connectivity index (χ0v) is 12.1. The Bertz CT molecular complexity index is 252. The van der Waals surface area contributed by atoms with Gasteiger partial charge < -0.3 is 4.74 Å². The summed E-state index contributed by atoms with van der Waals surface area (Å²) in [5.41, 5.74) is 0.833. The normalized spacial score (nSPS) is 11.6. The zero-order chi connectivity index (χ0) is 13.5. The van der Waals surface area contributed by atoms with Crippen molar-refractivity contribution >= 4 is 5.97 Å². The number of ether oxygens (including phenoxy) is 1. The van der Waals surface area contributed by atoms with Crippen LogP contribution < -0.4 is 0 Å². The van der Waals surface area contributed by atoms with Gasteiger partial charge in [0.05, 0.1) is 12.0 Å². The third-order valence-electron chi connectivity index (χ3n) is 2.70. The van der Waals surface area contributed by atoms with Gasteiger partial charge in [-0.1, -0.05) is 19.4 Å². The number of hydrogen-bond acceptors (Lipinski definition) is 2. The highest BCUT2D eigenvalue weighted by atomic mass is 16.5. The summed E-state index contributed by atoms with van der Waals surface area (Å²) in [6, 6.07) is 0. The van der Waals surface area contributed by atoms with E-state index >= 15 is 0 Å². The van der Waals surface area contributed by atoms with Crippen molar-refractivity contribution in [3.05, 3.63) is 12.2 Å². The summed E-state index contributed by atoms with van der Waals surface area (Å²) in [6.45, 7) is 14.6. The molecule has 0 aromatic heterocycles. The number of allylic oxidation sites excluding steroid dienone is 1. The second kappa shape index (κ2) is 7.52. The summed E-state index contributed by atoms with van der Waals surface area (Å²) < 4.78 is 5.32. The molecule has 0 unspecified atom stereocenters. The monoisotopic (exact) mass is 240 g/mol. The number of unbranched alkanes of at least 4 members (excludes halogenated alkanes) is 1. The second-order valence-corrected chi connectivity index (χ2v) is 6.03. The minimum absolute atomic E-state index is 0.0680. The standard InChI is InChI=1S/C15H28O2/c1-12(2)9-7-8-10-17-14(16)15(5,6)11-13(3)4/h13H,1,7-11H2,2-6H3. The van der Waals surface area contributed by atoms with Crippen LogP contribution in [0.5, 0.6) is 0 Å². The van der Waals surface area contributed by atoms with Crippen LogP contribution in [0.3, 0.4) is 0 Å². The lowest BCUT2D eigenvalue weighted by Crippen LogP contribution is -2.28. The Morgan fingerprint density at radius 3 is 2.35 bits per heavy atom. The molecule has 0 amide bonds. The molecule has 0 heterocycles. The number of esters is 1. The molecule has 0 aromatic carbocycles. The molecule has 0 aromatic rings. The predicted octanol–water partition coefficient (Wildman–Crippen LogP) is 4.35. The number of carbonyl (C=O) groups excluding carboxylic acids is 1. The first-order chi connectivity index (χ1) is 7.75. The van der Waals surface area contributed by atoms with Gasteiger partial charge in [-0.25, -0.2) is 0 Å². The summed E-state index contributed by atoms with van der Waals surface area (Å²) in [5, 5.41) is 0. The largest absolute Gasteiger partial charge is 0.465 e. The summed E-state index contributed by atoms with van der Waals surface area (Å²) in [5.74, 6) is 0.447. The van der Waals surface area contributed by atoms with E-state index in [0.29, 0.717) is 12.5 Å². The molecule has 2 nitrogen and oxygen atoms in total. The van der Waals surface area contributed by atoms with Gasteiger partial charge in [0.2, 0.25) is 0 Å². The van der Waals surface area contributed by atoms with Crippen LogP contribution in [-0.2, 0) is 9.53 Å². The minimum Gasteiger partial charge on any atom is -0.465 e. The predicted molar refractivity (Wildman–Crippen MR) is 72.9 cm³/mol. The van der Waals surface area contributed by atoms with E-state index in [1.54, 1.807) is 0 Å². The Morgan fingerprint density at radius 2 is 1.88 bits per heavy atom. The summed E-state index contributed by atoms with van der Waals surface area (Å²) in [4.78, 5) is 11.9. The lowest BCUT2D eigenvalue weighted by atomic mass is 9.84. The molecule has 0 spiro atoms. The highest BCUT2D eigenvalue weighted by Gasteiger charge is 2.29. The van der Waals surface area contributed by atoms with Crippen molar-refractivity contribution in [1.82, 2.24) is 0 Å². The van der Waals surface area contributed by atoms with Gasteiger partial charge >= 0.3 is 5.97 Å². The second-order valence-electron chi connectivity index (χ2n) is 6.03. The van der Waals surface area contributed by atoms with Crippen LogP contribution in [0.1, 0.15) is 60.3 Å². The highest BCUT2D eigenvalue weighted by molar-refractivity contribution is 5.75. The Kier molecular flexibility index (Phi) is 7.17. The maximum absolute atomic E-state index is 11.9. The smallest absolute Gasteiger partial charge is 0.311 e. The summed E-state index contributed by atoms with van der Waals surface area (Å²) >= 11 is 0. The van der Waals surface area contributed by atoms with Gasteiger partial charge in [-0.15, -0.1) is 6.58 Å². The van der Waals surface area contributed by atoms with Crippen LogP contribution in [0.25, 0.3) is 0 Å². The molecule has 0 N–H and O–H groups in total. The molecule has 0 radical (unpaired) electrons. The van der Waals surface area contributed by atoms with Crippen LogP contribution in [0, 0.1) is 11.3 Å². The quantitative estimate of drug-likeness (QED) is 0.358. The molecule has 0 aliphatic rings. The molecular formula is C15H28O2. The van der Waals surface area contributed by atoms with Crippen molar-refractivity contribution in [2.75, 3.05) is 6.61 Å². The SMILES string of the molecule is C=C(C)CCCCOC(=O)C(C)(C)CC(C)C. The molecule has 2 heteroatoms. The van der Waals surface area contributed by atoms with Crippen LogP contribution in [0.4, 0.5) is 0 Å². The summed E-state index contributed by atoms with van der Waals surface area (Å²) in [7, 11) is 0. The van der Waals surface area contributed by atoms with Crippen LogP contribution >= 0.6 is 0 Å². The van der Waals surface area contributed by atoms with Crippen molar-refractivity contribution in [1.29, 1.82) is 0 Å². The molecule has 0 fully saturated rings. The molecule has 0 atom stereocenters. The molecule has 0 aliphatic carbocycles. The van der Waals surface area contributed by atoms with E-state index in [9.17, 15) is 4.79 Å². The minimum atomic E-state index is -0.359. The van der Waals surface area contributed by atoms with Crippen LogP contribution in [0.2, 0.25) is 0 Å². The van der Waals surface area contributed by atoms with E-state index in [-0.39, 0.29) is 11.4 Å². The molecule has 0 saturated heterocycles. The van der Waals surface area contributed by atoms with E-state index in [2.05, 4.69) is 20.4 Å². The van der Waals surface area contributed by atoms with Gasteiger partial charge in [-0.3, -0.25) is 4.79 Å². The van der Waals surface area contributed by atoms with E-state index in [4.69, 9.17) is 4.74 Å². The maximum atomic E-state index is 11.9. The van der Waals surface area contributed by atoms with Gasteiger partial charge in [0.15, 0.2) is 0 Å². The van der Waals surface area contributed by atoms with Crippen molar-refractivity contribution in [3.63, 3.8) is 0 Å². The van der Waals surface area contributed by atoms with E-state index in [1.165, 1.54) is 5.57 Å². The first-order valence-electron chi connectivity index (χ1n) is 6.57. The molecule has 0 saturated carbocycles. The Morgan fingerprint density at radius 1 is 1.29 bits per heavy atom. The lowest BCUT2D eigenvalue weighted by Gasteiger charge is -2.24. The Labute approximate surface area is 106 Å². The third-order valence-corrected chi connectivity index (χ3v) is 2.70. The van der Waals surface area contributed by atoms with Crippen molar-refractivity contribution in [2.24, 2.45) is 11.3 Å². The fourth-order valence-electron chi connectivity index (χ4n) is 1.99. The summed E-state index contributed by atoms with van der Waals surface area (Å²) in [6.07, 6.45) is 3.87. The Hall–Kier alpha value is -0.790. The topological polar surface area (TPSA) is 26.3 Å². The Balaban J connectivity index is 3.81. The van der Waals surface area contributed by atoms with Gasteiger partial charge in [0, 0.05) is 0 Å². The van der Waals surface area contributed by atoms with Gasteiger partial charge in [0.25, 0.3) is 0 Å². The zero-order valence-electron chi connectivity index (χ0n) is 12.1. The molecule has 100 valence electrons. The van der Waals surface area contributed by atoms with Crippen molar-refractivity contribution in [3.8, 4) is 0 Å². The van der Waals surface area contributed by atoms with E-state index in [1.807, 2.05) is 20.8 Å². The molecule has 17 heavy (non-hydrogen) atoms. The van der Waals surface area contributed by atoms with Crippen molar-refractivity contribution in [2.45, 2.75) is 60.3 Å². The average Bonchev–Trinajstić information content (AvgIpc) is 2.14. The van der Waals surface area contributed by atoms with Crippen LogP contribution in [0.15, 0.2) is 12.2 Å². The molecular weight excluding hydrogens is 212 g/mol. The molecule has 0 aliphatic heterocycles. The van der Waals surface area contributed by atoms with Gasteiger partial charge in [0.1, 0.15) is 0 Å². The van der Waals surface area contributed by atoms with Gasteiger partial charge in [-0.2, -0.15) is 0 Å². The third kappa shape index (κ3) is 8.00. The first-order valence-corrected chi connectivity index (χ1v) is 6.57. The van der Waals surface area contributed by atoms with E-state index in [0.717, 1.165) is 25.7 Å². The highest BCUT2D eigenvalue weighted by Crippen LogP contribution is 2.26. The maximum Gasteiger partial charge on any atom is 0.311 e. The first kappa shape index (κ1) is 16.2. The number of rotatable bonds is 8. The van der Waals surface area contributed by atoms with E-state index < -0.39 is 0 Å². The number of carbonyl (C=O) groups is 1. The fourth-order valence-corrected chi connectivity index (χ4v) is 1.99. The van der Waals surface area contributed by atoms with Crippen molar-refractivity contribution < 1.29 is 9.53 Å². The van der Waals surface area contributed by atoms with Gasteiger partial charge in [-0.05, 0) is 52.4 Å². The molecule has 0 bridgehead atoms. The van der Waals surface area contributed by atoms with Crippen LogP contribution in [-0.4, -0.2) is 12.6 Å². The fraction of sp³-hybridized carbons (Fsp3) is 0.800.